The molecule has 5 heteroatoms. The molecule has 0 saturated carbocycles. The van der Waals surface area contributed by atoms with Gasteiger partial charge in [-0.1, -0.05) is 156 Å². The van der Waals surface area contributed by atoms with Gasteiger partial charge in [-0.05, 0) is 25.2 Å². The lowest BCUT2D eigenvalue weighted by atomic mass is 9.94. The van der Waals surface area contributed by atoms with Gasteiger partial charge in [0.1, 0.15) is 0 Å². The van der Waals surface area contributed by atoms with Gasteiger partial charge in [0, 0.05) is 11.5 Å². The van der Waals surface area contributed by atoms with Crippen LogP contribution in [0.15, 0.2) is 0 Å². The van der Waals surface area contributed by atoms with Crippen molar-refractivity contribution >= 4 is 23.7 Å². The Balaban J connectivity index is 3.92. The van der Waals surface area contributed by atoms with Crippen LogP contribution in [0.1, 0.15) is 188 Å². The Morgan fingerprint density at radius 1 is 0.488 bits per heavy atom. The van der Waals surface area contributed by atoms with E-state index >= 15 is 0 Å². The number of carbonyl (C=O) groups is 2. The fraction of sp³-hybridized carbons (Fsp3) is 0.944. The summed E-state index contributed by atoms with van der Waals surface area (Å²) in [5.41, 5.74) is 0. The van der Waals surface area contributed by atoms with Crippen molar-refractivity contribution in [1.82, 2.24) is 0 Å². The highest BCUT2D eigenvalue weighted by Crippen LogP contribution is 2.20. The molecule has 0 bridgehead atoms. The molecular weight excluding hydrogens is 528 g/mol. The van der Waals surface area contributed by atoms with Gasteiger partial charge in [-0.3, -0.25) is 9.59 Å². The third-order valence-electron chi connectivity index (χ3n) is 8.07. The highest BCUT2D eigenvalue weighted by Gasteiger charge is 2.13. The Labute approximate surface area is 260 Å². The van der Waals surface area contributed by atoms with E-state index in [0.29, 0.717) is 43.5 Å². The predicted molar refractivity (Wildman–Crippen MR) is 180 cm³/mol. The first-order valence-electron chi connectivity index (χ1n) is 18.0. The van der Waals surface area contributed by atoms with E-state index in [1.54, 1.807) is 11.8 Å². The molecular formula is C36H70O4S. The lowest BCUT2D eigenvalue weighted by molar-refractivity contribution is -0.145. The maximum absolute atomic E-state index is 12.4. The molecule has 0 aromatic carbocycles. The maximum atomic E-state index is 12.4. The number of unbranched alkanes of at least 4 members (excludes halogenated alkanes) is 19. The Morgan fingerprint density at radius 2 is 0.854 bits per heavy atom. The average molecular weight is 599 g/mol. The number of carbonyl (C=O) groups excluding carboxylic acids is 2. The summed E-state index contributed by atoms with van der Waals surface area (Å²) in [5, 5.41) is 0. The number of thioether (sulfide) groups is 1. The van der Waals surface area contributed by atoms with Crippen LogP contribution in [0.4, 0.5) is 0 Å². The molecule has 4 nitrogen and oxygen atoms in total. The molecule has 0 radical (unpaired) electrons. The molecule has 0 spiro atoms. The Bertz CT molecular complexity index is 554. The molecule has 0 aromatic rings. The number of esters is 2. The number of hydrogen-bond acceptors (Lipinski definition) is 5. The van der Waals surface area contributed by atoms with Crippen molar-refractivity contribution in [3.63, 3.8) is 0 Å². The molecule has 0 fully saturated rings. The van der Waals surface area contributed by atoms with Crippen LogP contribution in [-0.2, 0) is 19.1 Å². The number of hydrogen-bond donors (Lipinski definition) is 0. The molecule has 41 heavy (non-hydrogen) atoms. The zero-order chi connectivity index (χ0) is 30.1. The number of rotatable bonds is 33. The lowest BCUT2D eigenvalue weighted by Crippen LogP contribution is -2.15. The summed E-state index contributed by atoms with van der Waals surface area (Å²) < 4.78 is 11.1. The van der Waals surface area contributed by atoms with Crippen LogP contribution >= 0.6 is 11.8 Å². The van der Waals surface area contributed by atoms with Gasteiger partial charge in [0.15, 0.2) is 0 Å². The molecule has 244 valence electrons. The van der Waals surface area contributed by atoms with Gasteiger partial charge in [0.25, 0.3) is 0 Å². The second-order valence-corrected chi connectivity index (χ2v) is 13.4. The molecule has 0 aliphatic rings. The minimum absolute atomic E-state index is 0.0846. The summed E-state index contributed by atoms with van der Waals surface area (Å²) >= 11 is 1.65. The molecule has 0 amide bonds. The van der Waals surface area contributed by atoms with Crippen LogP contribution in [-0.4, -0.2) is 36.7 Å². The average Bonchev–Trinajstić information content (AvgIpc) is 2.97. The Hall–Kier alpha value is -0.710. The van der Waals surface area contributed by atoms with Crippen LogP contribution in [0, 0.1) is 5.92 Å². The fourth-order valence-electron chi connectivity index (χ4n) is 5.28. The lowest BCUT2D eigenvalue weighted by Gasteiger charge is -2.17. The van der Waals surface area contributed by atoms with Gasteiger partial charge in [0.2, 0.25) is 0 Å². The standard InChI is InChI=1S/C36H70O4S/c1-4-7-10-13-16-18-21-24-27-34(26-23-20-15-12-9-6-3)33-40-36(38)29-32-41-31-28-35(37)39-30-25-22-19-17-14-11-8-5-2/h34H,4-33H2,1-3H3. The SMILES string of the molecule is CCCCCCCCCCOC(=O)CCSCCC(=O)OCC(CCCCCCCC)CCCCCCCCCC. The third kappa shape index (κ3) is 32.0. The van der Waals surface area contributed by atoms with Gasteiger partial charge < -0.3 is 9.47 Å². The van der Waals surface area contributed by atoms with Crippen LogP contribution in [0.5, 0.6) is 0 Å². The van der Waals surface area contributed by atoms with Crippen molar-refractivity contribution in [3.05, 3.63) is 0 Å². The Kier molecular flexibility index (Phi) is 33.2. The first-order valence-corrected chi connectivity index (χ1v) is 19.2. The van der Waals surface area contributed by atoms with Crippen molar-refractivity contribution in [3.8, 4) is 0 Å². The second kappa shape index (κ2) is 33.8. The van der Waals surface area contributed by atoms with Crippen LogP contribution < -0.4 is 0 Å². The summed E-state index contributed by atoms with van der Waals surface area (Å²) in [4.78, 5) is 24.3. The summed E-state index contributed by atoms with van der Waals surface area (Å²) in [6, 6.07) is 0. The smallest absolute Gasteiger partial charge is 0.306 e. The minimum atomic E-state index is -0.110. The summed E-state index contributed by atoms with van der Waals surface area (Å²) in [5.74, 6) is 1.74. The molecule has 1 unspecified atom stereocenters. The highest BCUT2D eigenvalue weighted by atomic mass is 32.2. The van der Waals surface area contributed by atoms with E-state index in [1.807, 2.05) is 0 Å². The summed E-state index contributed by atoms with van der Waals surface area (Å²) in [6.45, 7) is 7.91. The topological polar surface area (TPSA) is 52.6 Å². The minimum Gasteiger partial charge on any atom is -0.466 e. The van der Waals surface area contributed by atoms with Crippen LogP contribution in [0.2, 0.25) is 0 Å². The molecule has 0 aliphatic heterocycles. The molecule has 0 rings (SSSR count). The van der Waals surface area contributed by atoms with Gasteiger partial charge in [-0.15, -0.1) is 0 Å². The van der Waals surface area contributed by atoms with Gasteiger partial charge in [-0.25, -0.2) is 0 Å². The van der Waals surface area contributed by atoms with Crippen molar-refractivity contribution in [1.29, 1.82) is 0 Å². The second-order valence-electron chi connectivity index (χ2n) is 12.2. The van der Waals surface area contributed by atoms with E-state index in [4.69, 9.17) is 9.47 Å². The Morgan fingerprint density at radius 3 is 1.29 bits per heavy atom. The van der Waals surface area contributed by atoms with Crippen molar-refractivity contribution < 1.29 is 19.1 Å². The fourth-order valence-corrected chi connectivity index (χ4v) is 6.11. The molecule has 1 atom stereocenters. The molecule has 0 aliphatic carbocycles. The highest BCUT2D eigenvalue weighted by molar-refractivity contribution is 7.99. The largest absolute Gasteiger partial charge is 0.466 e. The van der Waals surface area contributed by atoms with Gasteiger partial charge in [0.05, 0.1) is 26.1 Å². The van der Waals surface area contributed by atoms with E-state index in [9.17, 15) is 9.59 Å². The van der Waals surface area contributed by atoms with Crippen LogP contribution in [0.3, 0.4) is 0 Å². The van der Waals surface area contributed by atoms with Crippen molar-refractivity contribution in [2.24, 2.45) is 5.92 Å². The first kappa shape index (κ1) is 40.3. The van der Waals surface area contributed by atoms with E-state index < -0.39 is 0 Å². The maximum Gasteiger partial charge on any atom is 0.306 e. The monoisotopic (exact) mass is 598 g/mol. The van der Waals surface area contributed by atoms with Crippen molar-refractivity contribution in [2.45, 2.75) is 188 Å². The zero-order valence-electron chi connectivity index (χ0n) is 27.8. The van der Waals surface area contributed by atoms with Crippen LogP contribution in [0.25, 0.3) is 0 Å². The molecule has 0 aromatic heterocycles. The predicted octanol–water partition coefficient (Wildman–Crippen LogP) is 11.6. The van der Waals surface area contributed by atoms with Crippen molar-refractivity contribution in [2.75, 3.05) is 24.7 Å². The zero-order valence-corrected chi connectivity index (χ0v) is 28.6. The van der Waals surface area contributed by atoms with E-state index in [2.05, 4.69) is 20.8 Å². The molecule has 0 N–H and O–H groups in total. The van der Waals surface area contributed by atoms with E-state index in [1.165, 1.54) is 141 Å². The number of ether oxygens (including phenoxy) is 2. The first-order chi connectivity index (χ1) is 20.1. The summed E-state index contributed by atoms with van der Waals surface area (Å²) in [6.07, 6.45) is 31.8. The molecule has 0 heterocycles. The van der Waals surface area contributed by atoms with E-state index in [0.717, 1.165) is 12.8 Å². The molecule has 0 saturated heterocycles. The van der Waals surface area contributed by atoms with Gasteiger partial charge in [-0.2, -0.15) is 11.8 Å². The van der Waals surface area contributed by atoms with E-state index in [-0.39, 0.29) is 11.9 Å². The van der Waals surface area contributed by atoms with Gasteiger partial charge >= 0.3 is 11.9 Å². The summed E-state index contributed by atoms with van der Waals surface area (Å²) in [7, 11) is 0. The third-order valence-corrected chi connectivity index (χ3v) is 9.06. The quantitative estimate of drug-likeness (QED) is 0.0555. The normalized spacial score (nSPS) is 12.0.